The van der Waals surface area contributed by atoms with Crippen molar-refractivity contribution in [2.45, 2.75) is 24.0 Å². The van der Waals surface area contributed by atoms with E-state index in [-0.39, 0.29) is 23.1 Å². The first kappa shape index (κ1) is 18.1. The fourth-order valence-corrected chi connectivity index (χ4v) is 2.18. The van der Waals surface area contributed by atoms with Gasteiger partial charge in [0.05, 0.1) is 0 Å². The molecule has 0 bridgehead atoms. The minimum absolute atomic E-state index is 0.119. The molecule has 2 radical (unpaired) electrons. The Labute approximate surface area is 139 Å². The first-order valence-electron chi connectivity index (χ1n) is 6.97. The average molecular weight is 362 g/mol. The van der Waals surface area contributed by atoms with Crippen molar-refractivity contribution in [3.8, 4) is 18.1 Å². The van der Waals surface area contributed by atoms with E-state index < -0.39 is 0 Å². The number of unbranched alkanes of at least 4 members (excludes halogenated alkanes) is 1. The van der Waals surface area contributed by atoms with Crippen LogP contribution in [-0.2, 0) is 4.79 Å². The Bertz CT molecular complexity index is 555. The van der Waals surface area contributed by atoms with Crippen LogP contribution in [-0.4, -0.2) is 41.8 Å². The molecule has 1 rings (SSSR count). The Balaban J connectivity index is 2.40. The SMILES string of the molecule is C#CCOc1ccccc1C(=O)NCCCC[C@H]([As])C(N)=O. The fourth-order valence-electron chi connectivity index (χ4n) is 1.80. The topological polar surface area (TPSA) is 81.4 Å². The Morgan fingerprint density at radius 3 is 2.77 bits per heavy atom. The number of hydrogen-bond acceptors (Lipinski definition) is 3. The number of nitrogens with two attached hydrogens (primary N) is 1. The zero-order chi connectivity index (χ0) is 16.4. The molecule has 22 heavy (non-hydrogen) atoms. The van der Waals surface area contributed by atoms with E-state index in [0.717, 1.165) is 12.8 Å². The van der Waals surface area contributed by atoms with E-state index in [2.05, 4.69) is 28.1 Å². The Morgan fingerprint density at radius 1 is 1.36 bits per heavy atom. The van der Waals surface area contributed by atoms with Crippen LogP contribution in [0.3, 0.4) is 0 Å². The van der Waals surface area contributed by atoms with Gasteiger partial charge in [0.2, 0.25) is 0 Å². The van der Waals surface area contributed by atoms with Crippen LogP contribution >= 0.6 is 0 Å². The molecule has 1 atom stereocenters. The molecule has 0 aliphatic carbocycles. The normalized spacial score (nSPS) is 11.3. The van der Waals surface area contributed by atoms with Crippen molar-refractivity contribution in [1.82, 2.24) is 5.32 Å². The van der Waals surface area contributed by atoms with Crippen molar-refractivity contribution in [2.24, 2.45) is 5.73 Å². The number of nitrogens with one attached hydrogen (secondary N) is 1. The van der Waals surface area contributed by atoms with E-state index in [9.17, 15) is 9.59 Å². The van der Waals surface area contributed by atoms with Crippen LogP contribution in [0.5, 0.6) is 5.75 Å². The summed E-state index contributed by atoms with van der Waals surface area (Å²) in [5.41, 5.74) is 5.64. The van der Waals surface area contributed by atoms with Gasteiger partial charge < -0.3 is 0 Å². The molecule has 0 fully saturated rings. The maximum atomic E-state index is 12.1. The zero-order valence-electron chi connectivity index (χ0n) is 12.2. The first-order chi connectivity index (χ1) is 10.6. The van der Waals surface area contributed by atoms with Crippen molar-refractivity contribution < 1.29 is 14.3 Å². The van der Waals surface area contributed by atoms with Gasteiger partial charge in [-0.15, -0.1) is 6.42 Å². The first-order valence-corrected chi connectivity index (χ1v) is 8.05. The molecule has 0 saturated carbocycles. The van der Waals surface area contributed by atoms with Gasteiger partial charge in [0.15, 0.2) is 0 Å². The molecule has 1 aromatic carbocycles. The van der Waals surface area contributed by atoms with Crippen LogP contribution in [0.2, 0.25) is 4.71 Å². The molecule has 0 unspecified atom stereocenters. The molecule has 1 aromatic rings. The molecule has 116 valence electrons. The number of carbonyl (C=O) groups excluding carboxylic acids is 2. The molecule has 3 N–H and O–H groups in total. The van der Waals surface area contributed by atoms with E-state index in [0.29, 0.717) is 24.3 Å². The Morgan fingerprint density at radius 2 is 2.09 bits per heavy atom. The summed E-state index contributed by atoms with van der Waals surface area (Å²) in [4.78, 5) is 23.0. The molecule has 0 aliphatic heterocycles. The summed E-state index contributed by atoms with van der Waals surface area (Å²) >= 11 is 2.27. The summed E-state index contributed by atoms with van der Waals surface area (Å²) in [6.45, 7) is 0.647. The van der Waals surface area contributed by atoms with E-state index in [4.69, 9.17) is 16.9 Å². The van der Waals surface area contributed by atoms with Crippen molar-refractivity contribution in [1.29, 1.82) is 0 Å². The zero-order valence-corrected chi connectivity index (χ0v) is 14.1. The van der Waals surface area contributed by atoms with Crippen LogP contribution in [0.1, 0.15) is 29.6 Å². The predicted molar refractivity (Wildman–Crippen MR) is 85.7 cm³/mol. The van der Waals surface area contributed by atoms with E-state index in [1.807, 2.05) is 0 Å². The van der Waals surface area contributed by atoms with Gasteiger partial charge >= 0.3 is 133 Å². The summed E-state index contributed by atoms with van der Waals surface area (Å²) in [6.07, 6.45) is 7.45. The Kier molecular flexibility index (Phi) is 8.17. The van der Waals surface area contributed by atoms with Crippen LogP contribution < -0.4 is 15.8 Å². The number of benzene rings is 1. The molecule has 6 heteroatoms. The second-order valence-corrected chi connectivity index (χ2v) is 5.97. The number of rotatable bonds is 9. The van der Waals surface area contributed by atoms with Crippen molar-refractivity contribution in [2.75, 3.05) is 13.2 Å². The third-order valence-electron chi connectivity index (χ3n) is 2.96. The quantitative estimate of drug-likeness (QED) is 0.391. The molecular weight excluding hydrogens is 343 g/mol. The summed E-state index contributed by atoms with van der Waals surface area (Å²) in [5.74, 6) is 2.32. The summed E-state index contributed by atoms with van der Waals surface area (Å²) in [7, 11) is 0. The minimum atomic E-state index is -0.316. The number of carbonyl (C=O) groups is 2. The van der Waals surface area contributed by atoms with Gasteiger partial charge in [-0.1, -0.05) is 0 Å². The van der Waals surface area contributed by atoms with Gasteiger partial charge in [-0.2, -0.15) is 0 Å². The van der Waals surface area contributed by atoms with Crippen LogP contribution in [0.25, 0.3) is 0 Å². The number of ether oxygens (including phenoxy) is 1. The van der Waals surface area contributed by atoms with Crippen molar-refractivity contribution in [3.63, 3.8) is 0 Å². The van der Waals surface area contributed by atoms with E-state index in [1.165, 1.54) is 0 Å². The van der Waals surface area contributed by atoms with Gasteiger partial charge in [0, 0.05) is 0 Å². The number of hydrogen-bond donors (Lipinski definition) is 2. The predicted octanol–water partition coefficient (Wildman–Crippen LogP) is 1.04. The van der Waals surface area contributed by atoms with Crippen LogP contribution in [0.15, 0.2) is 24.3 Å². The number of terminal acetylenes is 1. The second kappa shape index (κ2) is 9.91. The standard InChI is InChI=1S/C16H19AsN2O3/c1-2-11-22-14-9-4-3-7-12(14)16(21)19-10-6-5-8-13(17)15(18)20/h1,3-4,7,9,13H,5-6,8,10-11H2,(H2,18,20)(H,19,21)/t13-/m0/s1. The fraction of sp³-hybridized carbons (Fsp3) is 0.375. The third kappa shape index (κ3) is 6.24. The third-order valence-corrected chi connectivity index (χ3v) is 4.04. The molecule has 0 aromatic heterocycles. The summed E-state index contributed by atoms with van der Waals surface area (Å²) < 4.78 is 5.15. The number of para-hydroxylation sites is 1. The molecule has 0 saturated heterocycles. The molecule has 2 amide bonds. The molecule has 0 spiro atoms. The van der Waals surface area contributed by atoms with Gasteiger partial charge in [0.25, 0.3) is 0 Å². The molecular formula is C16H19AsN2O3. The van der Waals surface area contributed by atoms with Gasteiger partial charge in [0.1, 0.15) is 0 Å². The average Bonchev–Trinajstić information content (AvgIpc) is 2.52. The summed E-state index contributed by atoms with van der Waals surface area (Å²) in [5, 5.41) is 2.83. The number of amides is 2. The van der Waals surface area contributed by atoms with Crippen molar-refractivity contribution >= 4 is 28.7 Å². The van der Waals surface area contributed by atoms with E-state index in [1.54, 1.807) is 24.3 Å². The molecule has 0 heterocycles. The second-order valence-electron chi connectivity index (χ2n) is 4.66. The van der Waals surface area contributed by atoms with Crippen LogP contribution in [0.4, 0.5) is 0 Å². The number of primary amides is 1. The maximum absolute atomic E-state index is 12.1. The van der Waals surface area contributed by atoms with Gasteiger partial charge in [-0.05, 0) is 0 Å². The Hall–Kier alpha value is -1.92. The van der Waals surface area contributed by atoms with Gasteiger partial charge in [-0.3, -0.25) is 0 Å². The van der Waals surface area contributed by atoms with E-state index >= 15 is 0 Å². The monoisotopic (exact) mass is 362 g/mol. The van der Waals surface area contributed by atoms with Crippen LogP contribution in [0, 0.1) is 12.3 Å². The molecule has 5 nitrogen and oxygen atoms in total. The molecule has 0 aliphatic rings. The van der Waals surface area contributed by atoms with Crippen molar-refractivity contribution in [3.05, 3.63) is 29.8 Å². The van der Waals surface area contributed by atoms with Gasteiger partial charge in [-0.25, -0.2) is 0 Å². The summed E-state index contributed by atoms with van der Waals surface area (Å²) in [6, 6.07) is 6.95.